The number of nitrogens with zero attached hydrogens (tertiary/aromatic N) is 4. The van der Waals surface area contributed by atoms with E-state index in [1.54, 1.807) is 6.20 Å². The standard InChI is InChI=1S/C17H23N5O/c23-17(6-5-15-12-19-20-13-15)22-9-3-8-21(10-11-22)14-16-4-1-2-7-18-16/h1-2,4,7,12-13H,3,5-6,8-11,14H2,(H,19,20). The van der Waals surface area contributed by atoms with Crippen LogP contribution in [0.15, 0.2) is 36.8 Å². The van der Waals surface area contributed by atoms with Crippen LogP contribution >= 0.6 is 0 Å². The maximum absolute atomic E-state index is 12.4. The number of aromatic amines is 1. The second-order valence-corrected chi connectivity index (χ2v) is 5.94. The van der Waals surface area contributed by atoms with E-state index in [4.69, 9.17) is 0 Å². The highest BCUT2D eigenvalue weighted by molar-refractivity contribution is 5.76. The molecule has 3 heterocycles. The maximum atomic E-state index is 12.4. The summed E-state index contributed by atoms with van der Waals surface area (Å²) in [5, 5.41) is 6.70. The molecular formula is C17H23N5O. The third-order valence-electron chi connectivity index (χ3n) is 4.24. The van der Waals surface area contributed by atoms with E-state index in [1.807, 2.05) is 29.4 Å². The van der Waals surface area contributed by atoms with Crippen molar-refractivity contribution in [2.24, 2.45) is 0 Å². The van der Waals surface area contributed by atoms with Crippen LogP contribution in [0.25, 0.3) is 0 Å². The molecule has 0 radical (unpaired) electrons. The van der Waals surface area contributed by atoms with Gasteiger partial charge in [0.2, 0.25) is 5.91 Å². The van der Waals surface area contributed by atoms with Crippen LogP contribution in [0, 0.1) is 0 Å². The Morgan fingerprint density at radius 2 is 2.17 bits per heavy atom. The van der Waals surface area contributed by atoms with Gasteiger partial charge in [-0.25, -0.2) is 0 Å². The molecule has 0 atom stereocenters. The number of pyridine rings is 1. The van der Waals surface area contributed by atoms with Crippen LogP contribution in [-0.4, -0.2) is 57.1 Å². The van der Waals surface area contributed by atoms with Gasteiger partial charge in [-0.2, -0.15) is 5.10 Å². The molecule has 2 aromatic heterocycles. The zero-order chi connectivity index (χ0) is 15.9. The molecule has 3 rings (SSSR count). The average molecular weight is 313 g/mol. The lowest BCUT2D eigenvalue weighted by Crippen LogP contribution is -2.35. The monoisotopic (exact) mass is 313 g/mol. The molecule has 0 aliphatic carbocycles. The number of hydrogen-bond acceptors (Lipinski definition) is 4. The van der Waals surface area contributed by atoms with E-state index in [9.17, 15) is 4.79 Å². The molecule has 0 unspecified atom stereocenters. The van der Waals surface area contributed by atoms with Crippen LogP contribution in [0.4, 0.5) is 0 Å². The lowest BCUT2D eigenvalue weighted by atomic mass is 10.2. The molecule has 0 spiro atoms. The SMILES string of the molecule is O=C(CCc1cn[nH]c1)N1CCCN(Cc2ccccn2)CC1. The summed E-state index contributed by atoms with van der Waals surface area (Å²) in [5.41, 5.74) is 2.18. The molecule has 1 saturated heterocycles. The first kappa shape index (κ1) is 15.7. The van der Waals surface area contributed by atoms with Crippen LogP contribution in [0.1, 0.15) is 24.1 Å². The van der Waals surface area contributed by atoms with Gasteiger partial charge in [-0.1, -0.05) is 6.07 Å². The summed E-state index contributed by atoms with van der Waals surface area (Å²) in [7, 11) is 0. The van der Waals surface area contributed by atoms with Crippen LogP contribution in [0.3, 0.4) is 0 Å². The minimum absolute atomic E-state index is 0.242. The molecule has 6 heteroatoms. The zero-order valence-corrected chi connectivity index (χ0v) is 13.3. The number of amides is 1. The predicted octanol–water partition coefficient (Wildman–Crippen LogP) is 1.47. The quantitative estimate of drug-likeness (QED) is 0.908. The minimum Gasteiger partial charge on any atom is -0.341 e. The van der Waals surface area contributed by atoms with E-state index in [1.165, 1.54) is 0 Å². The Bertz CT molecular complexity index is 599. The second-order valence-electron chi connectivity index (χ2n) is 5.94. The first-order valence-corrected chi connectivity index (χ1v) is 8.19. The van der Waals surface area contributed by atoms with Gasteiger partial charge in [-0.15, -0.1) is 0 Å². The molecule has 1 fully saturated rings. The van der Waals surface area contributed by atoms with E-state index in [0.717, 1.165) is 56.8 Å². The number of rotatable bonds is 5. The van der Waals surface area contributed by atoms with Crippen molar-refractivity contribution in [2.45, 2.75) is 25.8 Å². The van der Waals surface area contributed by atoms with Gasteiger partial charge in [0.05, 0.1) is 11.9 Å². The molecule has 1 amide bonds. The highest BCUT2D eigenvalue weighted by Gasteiger charge is 2.19. The summed E-state index contributed by atoms with van der Waals surface area (Å²) < 4.78 is 0. The summed E-state index contributed by atoms with van der Waals surface area (Å²) in [6, 6.07) is 6.01. The summed E-state index contributed by atoms with van der Waals surface area (Å²) in [6.07, 6.45) is 7.79. The number of carbonyl (C=O) groups is 1. The largest absolute Gasteiger partial charge is 0.341 e. The molecule has 2 aromatic rings. The molecule has 23 heavy (non-hydrogen) atoms. The zero-order valence-electron chi connectivity index (χ0n) is 13.3. The molecule has 6 nitrogen and oxygen atoms in total. The van der Waals surface area contributed by atoms with Crippen molar-refractivity contribution in [1.29, 1.82) is 0 Å². The minimum atomic E-state index is 0.242. The van der Waals surface area contributed by atoms with Crippen LogP contribution < -0.4 is 0 Å². The van der Waals surface area contributed by atoms with Gasteiger partial charge in [-0.05, 0) is 30.5 Å². The van der Waals surface area contributed by atoms with E-state index in [-0.39, 0.29) is 5.91 Å². The van der Waals surface area contributed by atoms with Crippen molar-refractivity contribution >= 4 is 5.91 Å². The highest BCUT2D eigenvalue weighted by Crippen LogP contribution is 2.10. The third-order valence-corrected chi connectivity index (χ3v) is 4.24. The van der Waals surface area contributed by atoms with Crippen molar-refractivity contribution < 1.29 is 4.79 Å². The van der Waals surface area contributed by atoms with Crippen LogP contribution in [-0.2, 0) is 17.8 Å². The first-order chi connectivity index (χ1) is 11.3. The summed E-state index contributed by atoms with van der Waals surface area (Å²) in [4.78, 5) is 21.1. The Kier molecular flexibility index (Phi) is 5.37. The highest BCUT2D eigenvalue weighted by atomic mass is 16.2. The van der Waals surface area contributed by atoms with Crippen molar-refractivity contribution in [2.75, 3.05) is 26.2 Å². The maximum Gasteiger partial charge on any atom is 0.222 e. The number of nitrogens with one attached hydrogen (secondary N) is 1. The molecular weight excluding hydrogens is 290 g/mol. The van der Waals surface area contributed by atoms with Gasteiger partial charge in [0, 0.05) is 51.5 Å². The van der Waals surface area contributed by atoms with Gasteiger partial charge in [0.25, 0.3) is 0 Å². The summed E-state index contributed by atoms with van der Waals surface area (Å²) in [6.45, 7) is 4.44. The van der Waals surface area contributed by atoms with E-state index in [2.05, 4.69) is 26.1 Å². The van der Waals surface area contributed by atoms with E-state index in [0.29, 0.717) is 6.42 Å². The Hall–Kier alpha value is -2.21. The predicted molar refractivity (Wildman–Crippen MR) is 87.6 cm³/mol. The van der Waals surface area contributed by atoms with E-state index < -0.39 is 0 Å². The topological polar surface area (TPSA) is 65.1 Å². The number of aryl methyl sites for hydroxylation is 1. The molecule has 1 aliphatic rings. The normalized spacial score (nSPS) is 16.3. The fourth-order valence-electron chi connectivity index (χ4n) is 2.92. The van der Waals surface area contributed by atoms with Crippen molar-refractivity contribution in [1.82, 2.24) is 25.0 Å². The Morgan fingerprint density at radius 3 is 2.96 bits per heavy atom. The van der Waals surface area contributed by atoms with E-state index >= 15 is 0 Å². The fourth-order valence-corrected chi connectivity index (χ4v) is 2.92. The third kappa shape index (κ3) is 4.63. The number of aromatic nitrogens is 3. The van der Waals surface area contributed by atoms with Gasteiger partial charge in [-0.3, -0.25) is 19.8 Å². The van der Waals surface area contributed by atoms with Gasteiger partial charge >= 0.3 is 0 Å². The lowest BCUT2D eigenvalue weighted by molar-refractivity contribution is -0.131. The fraction of sp³-hybridized carbons (Fsp3) is 0.471. The Morgan fingerprint density at radius 1 is 1.22 bits per heavy atom. The van der Waals surface area contributed by atoms with Crippen molar-refractivity contribution in [3.8, 4) is 0 Å². The first-order valence-electron chi connectivity index (χ1n) is 8.19. The molecule has 0 saturated carbocycles. The Balaban J connectivity index is 1.47. The summed E-state index contributed by atoms with van der Waals surface area (Å²) in [5.74, 6) is 0.242. The average Bonchev–Trinajstić information content (AvgIpc) is 2.99. The second kappa shape index (κ2) is 7.87. The number of hydrogen-bond donors (Lipinski definition) is 1. The van der Waals surface area contributed by atoms with Gasteiger partial charge < -0.3 is 4.90 Å². The molecule has 0 aromatic carbocycles. The Labute approximate surface area is 136 Å². The van der Waals surface area contributed by atoms with Crippen LogP contribution in [0.2, 0.25) is 0 Å². The smallest absolute Gasteiger partial charge is 0.222 e. The van der Waals surface area contributed by atoms with Crippen molar-refractivity contribution in [3.63, 3.8) is 0 Å². The number of H-pyrrole nitrogens is 1. The molecule has 122 valence electrons. The number of carbonyl (C=O) groups excluding carboxylic acids is 1. The molecule has 1 aliphatic heterocycles. The van der Waals surface area contributed by atoms with Gasteiger partial charge in [0.15, 0.2) is 0 Å². The molecule has 1 N–H and O–H groups in total. The van der Waals surface area contributed by atoms with Crippen molar-refractivity contribution in [3.05, 3.63) is 48.0 Å². The lowest BCUT2D eigenvalue weighted by Gasteiger charge is -2.21. The van der Waals surface area contributed by atoms with Crippen LogP contribution in [0.5, 0.6) is 0 Å². The van der Waals surface area contributed by atoms with Gasteiger partial charge in [0.1, 0.15) is 0 Å². The summed E-state index contributed by atoms with van der Waals surface area (Å²) >= 11 is 0. The molecule has 0 bridgehead atoms.